The second kappa shape index (κ2) is 6.36. The molecule has 1 aliphatic carbocycles. The van der Waals surface area contributed by atoms with Crippen molar-refractivity contribution in [3.8, 4) is 0 Å². The summed E-state index contributed by atoms with van der Waals surface area (Å²) in [7, 11) is -3.15. The Morgan fingerprint density at radius 1 is 1.29 bits per heavy atom. The van der Waals surface area contributed by atoms with Gasteiger partial charge in [-0.05, 0) is 24.6 Å². The lowest BCUT2D eigenvalue weighted by molar-refractivity contribution is 0.101. The van der Waals surface area contributed by atoms with Crippen molar-refractivity contribution in [1.82, 2.24) is 0 Å². The monoisotopic (exact) mass is 375 g/mol. The summed E-state index contributed by atoms with van der Waals surface area (Å²) >= 11 is 3.40. The fourth-order valence-electron chi connectivity index (χ4n) is 3.14. The van der Waals surface area contributed by atoms with Gasteiger partial charge in [0.15, 0.2) is 9.84 Å². The first kappa shape index (κ1) is 16.9. The molecule has 1 aromatic carbocycles. The molecule has 0 radical (unpaired) electrons. The highest BCUT2D eigenvalue weighted by Gasteiger charge is 2.69. The third-order valence-corrected chi connectivity index (χ3v) is 7.20. The van der Waals surface area contributed by atoms with Crippen LogP contribution in [0.15, 0.2) is 28.7 Å². The van der Waals surface area contributed by atoms with Gasteiger partial charge in [0.05, 0.1) is 11.9 Å². The van der Waals surface area contributed by atoms with Crippen molar-refractivity contribution in [1.29, 1.82) is 0 Å². The average molecular weight is 376 g/mol. The van der Waals surface area contributed by atoms with E-state index < -0.39 is 20.5 Å². The minimum atomic E-state index is -3.15. The SMILES string of the molecule is CCOC[C@]1(CN)[C@@H](c2ccc(Br)cc2)[C@@H]1S(=O)(=O)CC. The molecular formula is C15H22BrNO3S. The van der Waals surface area contributed by atoms with Crippen LogP contribution in [0.2, 0.25) is 0 Å². The van der Waals surface area contributed by atoms with Gasteiger partial charge in [0.1, 0.15) is 0 Å². The second-order valence-corrected chi connectivity index (χ2v) is 8.80. The Bertz CT molecular complexity index is 587. The zero-order valence-corrected chi connectivity index (χ0v) is 14.8. The molecule has 118 valence electrons. The van der Waals surface area contributed by atoms with Crippen LogP contribution in [0.1, 0.15) is 25.3 Å². The predicted octanol–water partition coefficient (Wildman–Crippen LogP) is 2.33. The zero-order valence-electron chi connectivity index (χ0n) is 12.4. The Morgan fingerprint density at radius 3 is 2.38 bits per heavy atom. The van der Waals surface area contributed by atoms with Crippen molar-refractivity contribution in [3.05, 3.63) is 34.3 Å². The lowest BCUT2D eigenvalue weighted by atomic mass is 10.00. The summed E-state index contributed by atoms with van der Waals surface area (Å²) < 4.78 is 31.4. The van der Waals surface area contributed by atoms with Crippen molar-refractivity contribution >= 4 is 25.8 Å². The highest BCUT2D eigenvalue weighted by atomic mass is 79.9. The maximum absolute atomic E-state index is 12.4. The van der Waals surface area contributed by atoms with Gasteiger partial charge in [-0.3, -0.25) is 0 Å². The van der Waals surface area contributed by atoms with Crippen LogP contribution < -0.4 is 5.73 Å². The molecule has 6 heteroatoms. The van der Waals surface area contributed by atoms with Crippen molar-refractivity contribution < 1.29 is 13.2 Å². The minimum absolute atomic E-state index is 0.0768. The van der Waals surface area contributed by atoms with E-state index in [-0.39, 0.29) is 11.7 Å². The molecular weight excluding hydrogens is 354 g/mol. The molecule has 0 aromatic heterocycles. The predicted molar refractivity (Wildman–Crippen MR) is 88.1 cm³/mol. The molecule has 0 bridgehead atoms. The van der Waals surface area contributed by atoms with Crippen LogP contribution in [0.4, 0.5) is 0 Å². The number of halogens is 1. The Labute approximate surface area is 135 Å². The van der Waals surface area contributed by atoms with E-state index in [2.05, 4.69) is 15.9 Å². The number of benzene rings is 1. The molecule has 1 aromatic rings. The number of rotatable bonds is 7. The van der Waals surface area contributed by atoms with Crippen LogP contribution in [0, 0.1) is 5.41 Å². The molecule has 2 N–H and O–H groups in total. The van der Waals surface area contributed by atoms with Gasteiger partial charge < -0.3 is 10.5 Å². The number of nitrogens with two attached hydrogens (primary N) is 1. The quantitative estimate of drug-likeness (QED) is 0.793. The molecule has 0 spiro atoms. The molecule has 2 rings (SSSR count). The van der Waals surface area contributed by atoms with E-state index >= 15 is 0 Å². The Morgan fingerprint density at radius 2 is 1.90 bits per heavy atom. The lowest BCUT2D eigenvalue weighted by Gasteiger charge is -2.15. The Balaban J connectivity index is 2.38. The van der Waals surface area contributed by atoms with E-state index in [1.807, 2.05) is 31.2 Å². The van der Waals surface area contributed by atoms with Gasteiger partial charge >= 0.3 is 0 Å². The van der Waals surface area contributed by atoms with Gasteiger partial charge in [-0.15, -0.1) is 0 Å². The molecule has 0 amide bonds. The molecule has 0 saturated heterocycles. The van der Waals surface area contributed by atoms with Gasteiger partial charge in [0.25, 0.3) is 0 Å². The van der Waals surface area contributed by atoms with Gasteiger partial charge in [-0.1, -0.05) is 35.0 Å². The molecule has 4 nitrogen and oxygen atoms in total. The van der Waals surface area contributed by atoms with E-state index in [4.69, 9.17) is 10.5 Å². The summed E-state index contributed by atoms with van der Waals surface area (Å²) in [6.07, 6.45) is 0. The number of hydrogen-bond acceptors (Lipinski definition) is 4. The fourth-order valence-corrected chi connectivity index (χ4v) is 5.55. The molecule has 0 heterocycles. The third kappa shape index (κ3) is 3.04. The summed E-state index contributed by atoms with van der Waals surface area (Å²) in [4.78, 5) is 0. The number of hydrogen-bond donors (Lipinski definition) is 1. The standard InChI is InChI=1S/C15H22BrNO3S/c1-3-20-10-15(9-17)13(14(15)21(18,19)4-2)11-5-7-12(16)8-6-11/h5-8,13-14H,3-4,9-10,17H2,1-2H3/t13-,14-,15+/m0/s1. The highest BCUT2D eigenvalue weighted by molar-refractivity contribution is 9.10. The first-order valence-electron chi connectivity index (χ1n) is 7.17. The van der Waals surface area contributed by atoms with E-state index in [1.165, 1.54) is 0 Å². The van der Waals surface area contributed by atoms with Gasteiger partial charge in [0.2, 0.25) is 0 Å². The van der Waals surface area contributed by atoms with Crippen LogP contribution in [0.5, 0.6) is 0 Å². The molecule has 0 unspecified atom stereocenters. The van der Waals surface area contributed by atoms with Crippen LogP contribution in [-0.2, 0) is 14.6 Å². The topological polar surface area (TPSA) is 69.4 Å². The molecule has 0 aliphatic heterocycles. The maximum atomic E-state index is 12.4. The van der Waals surface area contributed by atoms with Crippen molar-refractivity contribution in [2.75, 3.05) is 25.5 Å². The fraction of sp³-hybridized carbons (Fsp3) is 0.600. The first-order chi connectivity index (χ1) is 9.93. The van der Waals surface area contributed by atoms with Gasteiger partial charge in [-0.25, -0.2) is 8.42 Å². The molecule has 1 fully saturated rings. The van der Waals surface area contributed by atoms with E-state index in [1.54, 1.807) is 6.92 Å². The normalized spacial score (nSPS) is 28.6. The molecule has 21 heavy (non-hydrogen) atoms. The van der Waals surface area contributed by atoms with Crippen LogP contribution in [0.3, 0.4) is 0 Å². The molecule has 1 aliphatic rings. The Kier molecular flexibility index (Phi) is 5.13. The smallest absolute Gasteiger partial charge is 0.154 e. The highest BCUT2D eigenvalue weighted by Crippen LogP contribution is 2.62. The number of ether oxygens (including phenoxy) is 1. The summed E-state index contributed by atoms with van der Waals surface area (Å²) in [5, 5.41) is -0.437. The summed E-state index contributed by atoms with van der Waals surface area (Å²) in [6, 6.07) is 7.81. The third-order valence-electron chi connectivity index (χ3n) is 4.35. The number of sulfone groups is 1. The molecule has 1 saturated carbocycles. The van der Waals surface area contributed by atoms with Gasteiger partial charge in [-0.2, -0.15) is 0 Å². The average Bonchev–Trinajstić information content (AvgIpc) is 3.16. The summed E-state index contributed by atoms with van der Waals surface area (Å²) in [5.41, 5.74) is 6.49. The van der Waals surface area contributed by atoms with Crippen molar-refractivity contribution in [3.63, 3.8) is 0 Å². The lowest BCUT2D eigenvalue weighted by Crippen LogP contribution is -2.29. The van der Waals surface area contributed by atoms with Crippen molar-refractivity contribution in [2.45, 2.75) is 25.0 Å². The van der Waals surface area contributed by atoms with E-state index in [0.29, 0.717) is 19.8 Å². The molecule has 3 atom stereocenters. The second-order valence-electron chi connectivity index (χ2n) is 5.48. The van der Waals surface area contributed by atoms with Crippen molar-refractivity contribution in [2.24, 2.45) is 11.1 Å². The van der Waals surface area contributed by atoms with Crippen LogP contribution in [0.25, 0.3) is 0 Å². The minimum Gasteiger partial charge on any atom is -0.381 e. The zero-order chi connectivity index (χ0) is 15.7. The van der Waals surface area contributed by atoms with Crippen LogP contribution in [-0.4, -0.2) is 39.2 Å². The maximum Gasteiger partial charge on any atom is 0.154 e. The Hall–Kier alpha value is -0.430. The summed E-state index contributed by atoms with van der Waals surface area (Å²) in [6.45, 7) is 4.87. The van der Waals surface area contributed by atoms with E-state index in [9.17, 15) is 8.42 Å². The summed E-state index contributed by atoms with van der Waals surface area (Å²) in [5.74, 6) is 0.0607. The largest absolute Gasteiger partial charge is 0.381 e. The van der Waals surface area contributed by atoms with Gasteiger partial charge in [0, 0.05) is 34.7 Å². The van der Waals surface area contributed by atoms with E-state index in [0.717, 1.165) is 10.0 Å². The van der Waals surface area contributed by atoms with Crippen LogP contribution >= 0.6 is 15.9 Å². The first-order valence-corrected chi connectivity index (χ1v) is 9.68.